The summed E-state index contributed by atoms with van der Waals surface area (Å²) in [6, 6.07) is 5.57. The number of nitrogen functional groups attached to an aromatic ring is 1. The topological polar surface area (TPSA) is 59.2 Å². The quantitative estimate of drug-likeness (QED) is 0.934. The van der Waals surface area contributed by atoms with Gasteiger partial charge in [0.25, 0.3) is 5.91 Å². The highest BCUT2D eigenvalue weighted by atomic mass is 32.1. The van der Waals surface area contributed by atoms with Gasteiger partial charge in [-0.3, -0.25) is 4.79 Å². The van der Waals surface area contributed by atoms with E-state index >= 15 is 0 Å². The summed E-state index contributed by atoms with van der Waals surface area (Å²) < 4.78 is 0.962. The van der Waals surface area contributed by atoms with Crippen molar-refractivity contribution >= 4 is 32.6 Å². The van der Waals surface area contributed by atoms with Crippen LogP contribution in [0.2, 0.25) is 0 Å². The molecule has 0 spiro atoms. The number of rotatable bonds is 4. The van der Waals surface area contributed by atoms with Gasteiger partial charge < -0.3 is 10.6 Å². The van der Waals surface area contributed by atoms with Gasteiger partial charge >= 0.3 is 0 Å². The smallest absolute Gasteiger partial charge is 0.253 e. The monoisotopic (exact) mass is 277 g/mol. The molecule has 102 valence electrons. The summed E-state index contributed by atoms with van der Waals surface area (Å²) in [5.74, 6) is 0.539. The fourth-order valence-corrected chi connectivity index (χ4v) is 2.83. The lowest BCUT2D eigenvalue weighted by Crippen LogP contribution is -2.33. The molecule has 0 atom stereocenters. The van der Waals surface area contributed by atoms with E-state index in [-0.39, 0.29) is 5.91 Å². The summed E-state index contributed by atoms with van der Waals surface area (Å²) in [5, 5.41) is 0.536. The number of hydrogen-bond donors (Lipinski definition) is 1. The molecule has 19 heavy (non-hydrogen) atoms. The van der Waals surface area contributed by atoms with Gasteiger partial charge in [-0.2, -0.15) is 0 Å². The SMILES string of the molecule is CCN(CC(C)C)C(=O)c1ccc2nc(N)sc2c1. The first-order valence-corrected chi connectivity index (χ1v) is 7.28. The zero-order valence-electron chi connectivity index (χ0n) is 11.5. The maximum Gasteiger partial charge on any atom is 0.253 e. The lowest BCUT2D eigenvalue weighted by Gasteiger charge is -2.23. The van der Waals surface area contributed by atoms with Crippen molar-refractivity contribution in [3.8, 4) is 0 Å². The summed E-state index contributed by atoms with van der Waals surface area (Å²) in [4.78, 5) is 18.5. The van der Waals surface area contributed by atoms with Crippen LogP contribution < -0.4 is 5.73 Å². The Labute approximate surface area is 117 Å². The average molecular weight is 277 g/mol. The van der Waals surface area contributed by atoms with Crippen LogP contribution in [0.15, 0.2) is 18.2 Å². The molecule has 4 nitrogen and oxygen atoms in total. The van der Waals surface area contributed by atoms with Gasteiger partial charge in [0.2, 0.25) is 0 Å². The number of carbonyl (C=O) groups excluding carboxylic acids is 1. The van der Waals surface area contributed by atoms with E-state index in [0.29, 0.717) is 16.6 Å². The van der Waals surface area contributed by atoms with Gasteiger partial charge in [0.1, 0.15) is 0 Å². The van der Waals surface area contributed by atoms with Crippen LogP contribution in [0.3, 0.4) is 0 Å². The standard InChI is InChI=1S/C14H19N3OS/c1-4-17(8-9(2)3)13(18)10-5-6-11-12(7-10)19-14(15)16-11/h5-7,9H,4,8H2,1-3H3,(H2,15,16). The van der Waals surface area contributed by atoms with Crippen molar-refractivity contribution in [3.05, 3.63) is 23.8 Å². The predicted octanol–water partition coefficient (Wildman–Crippen LogP) is 3.00. The maximum absolute atomic E-state index is 12.4. The molecule has 0 unspecified atom stereocenters. The summed E-state index contributed by atoms with van der Waals surface area (Å²) in [6.07, 6.45) is 0. The van der Waals surface area contributed by atoms with E-state index in [0.717, 1.165) is 23.3 Å². The minimum absolute atomic E-state index is 0.0741. The van der Waals surface area contributed by atoms with Gasteiger partial charge in [0.15, 0.2) is 5.13 Å². The Morgan fingerprint density at radius 2 is 2.21 bits per heavy atom. The summed E-state index contributed by atoms with van der Waals surface area (Å²) in [5.41, 5.74) is 7.24. The third kappa shape index (κ3) is 3.04. The Hall–Kier alpha value is -1.62. The zero-order chi connectivity index (χ0) is 14.0. The van der Waals surface area contributed by atoms with Gasteiger partial charge in [-0.1, -0.05) is 25.2 Å². The minimum atomic E-state index is 0.0741. The first-order chi connectivity index (χ1) is 9.01. The molecule has 2 rings (SSSR count). The van der Waals surface area contributed by atoms with E-state index in [1.807, 2.05) is 30.0 Å². The van der Waals surface area contributed by atoms with Gasteiger partial charge in [-0.15, -0.1) is 0 Å². The lowest BCUT2D eigenvalue weighted by molar-refractivity contribution is 0.0746. The molecule has 1 amide bonds. The molecule has 1 aromatic carbocycles. The number of benzene rings is 1. The van der Waals surface area contributed by atoms with E-state index in [9.17, 15) is 4.79 Å². The van der Waals surface area contributed by atoms with Crippen LogP contribution in [-0.4, -0.2) is 28.9 Å². The Bertz CT molecular complexity index is 591. The fourth-order valence-electron chi connectivity index (χ4n) is 2.05. The van der Waals surface area contributed by atoms with E-state index in [4.69, 9.17) is 5.73 Å². The van der Waals surface area contributed by atoms with Crippen LogP contribution in [0.25, 0.3) is 10.2 Å². The number of amides is 1. The van der Waals surface area contributed by atoms with Crippen LogP contribution in [0.1, 0.15) is 31.1 Å². The van der Waals surface area contributed by atoms with Gasteiger partial charge in [-0.05, 0) is 31.0 Å². The number of aromatic nitrogens is 1. The Balaban J connectivity index is 2.29. The highest BCUT2D eigenvalue weighted by Gasteiger charge is 2.16. The third-order valence-corrected chi connectivity index (χ3v) is 3.75. The Morgan fingerprint density at radius 1 is 1.47 bits per heavy atom. The van der Waals surface area contributed by atoms with E-state index in [1.54, 1.807) is 0 Å². The normalized spacial score (nSPS) is 11.2. The molecule has 0 saturated carbocycles. The molecule has 1 heterocycles. The van der Waals surface area contributed by atoms with Gasteiger partial charge in [0.05, 0.1) is 10.2 Å². The number of anilines is 1. The predicted molar refractivity (Wildman–Crippen MR) is 80.4 cm³/mol. The molecule has 0 aliphatic heterocycles. The second-order valence-corrected chi connectivity index (χ2v) is 6.03. The molecule has 0 fully saturated rings. The Morgan fingerprint density at radius 3 is 2.84 bits per heavy atom. The number of nitrogens with two attached hydrogens (primary N) is 1. The lowest BCUT2D eigenvalue weighted by atomic mass is 10.1. The first-order valence-electron chi connectivity index (χ1n) is 6.46. The number of nitrogens with zero attached hydrogens (tertiary/aromatic N) is 2. The number of thiazole rings is 1. The summed E-state index contributed by atoms with van der Waals surface area (Å²) in [6.45, 7) is 7.73. The van der Waals surface area contributed by atoms with E-state index < -0.39 is 0 Å². The van der Waals surface area contributed by atoms with Crippen molar-refractivity contribution in [2.24, 2.45) is 5.92 Å². The minimum Gasteiger partial charge on any atom is -0.375 e. The zero-order valence-corrected chi connectivity index (χ0v) is 12.3. The Kier molecular flexibility index (Phi) is 4.04. The van der Waals surface area contributed by atoms with Crippen molar-refractivity contribution in [2.45, 2.75) is 20.8 Å². The second kappa shape index (κ2) is 5.57. The molecular formula is C14H19N3OS. The average Bonchev–Trinajstić information content (AvgIpc) is 2.73. The molecule has 0 radical (unpaired) electrons. The molecule has 0 bridgehead atoms. The molecule has 1 aromatic heterocycles. The van der Waals surface area contributed by atoms with Crippen LogP contribution in [-0.2, 0) is 0 Å². The second-order valence-electron chi connectivity index (χ2n) is 4.97. The van der Waals surface area contributed by atoms with Gasteiger partial charge in [0, 0.05) is 18.7 Å². The number of fused-ring (bicyclic) bond motifs is 1. The van der Waals surface area contributed by atoms with Crippen molar-refractivity contribution in [1.29, 1.82) is 0 Å². The van der Waals surface area contributed by atoms with E-state index in [2.05, 4.69) is 18.8 Å². The number of carbonyl (C=O) groups is 1. The van der Waals surface area contributed by atoms with E-state index in [1.165, 1.54) is 11.3 Å². The summed E-state index contributed by atoms with van der Waals surface area (Å²) >= 11 is 1.41. The fraction of sp³-hybridized carbons (Fsp3) is 0.429. The highest BCUT2D eigenvalue weighted by Crippen LogP contribution is 2.25. The number of hydrogen-bond acceptors (Lipinski definition) is 4. The molecule has 0 aliphatic carbocycles. The highest BCUT2D eigenvalue weighted by molar-refractivity contribution is 7.22. The molecule has 5 heteroatoms. The molecule has 2 aromatic rings. The van der Waals surface area contributed by atoms with Crippen LogP contribution in [0.4, 0.5) is 5.13 Å². The molecular weight excluding hydrogens is 258 g/mol. The first kappa shape index (κ1) is 13.8. The van der Waals surface area contributed by atoms with Crippen LogP contribution in [0, 0.1) is 5.92 Å². The van der Waals surface area contributed by atoms with Crippen molar-refractivity contribution in [1.82, 2.24) is 9.88 Å². The van der Waals surface area contributed by atoms with Crippen molar-refractivity contribution in [2.75, 3.05) is 18.8 Å². The van der Waals surface area contributed by atoms with Crippen molar-refractivity contribution < 1.29 is 4.79 Å². The largest absolute Gasteiger partial charge is 0.375 e. The van der Waals surface area contributed by atoms with Gasteiger partial charge in [-0.25, -0.2) is 4.98 Å². The third-order valence-electron chi connectivity index (χ3n) is 2.91. The molecule has 2 N–H and O–H groups in total. The van der Waals surface area contributed by atoms with Crippen LogP contribution in [0.5, 0.6) is 0 Å². The molecule has 0 saturated heterocycles. The maximum atomic E-state index is 12.4. The summed E-state index contributed by atoms with van der Waals surface area (Å²) in [7, 11) is 0. The van der Waals surface area contributed by atoms with Crippen molar-refractivity contribution in [3.63, 3.8) is 0 Å². The molecule has 0 aliphatic rings. The van der Waals surface area contributed by atoms with Crippen LogP contribution >= 0.6 is 11.3 Å².